The minimum absolute atomic E-state index is 0.0743. The van der Waals surface area contributed by atoms with Gasteiger partial charge in [-0.3, -0.25) is 0 Å². The molecule has 0 radical (unpaired) electrons. The van der Waals surface area contributed by atoms with E-state index < -0.39 is 0 Å². The van der Waals surface area contributed by atoms with Crippen molar-refractivity contribution in [3.8, 4) is 5.88 Å². The van der Waals surface area contributed by atoms with Gasteiger partial charge in [0.1, 0.15) is 12.1 Å². The van der Waals surface area contributed by atoms with E-state index in [1.807, 2.05) is 13.0 Å². The Morgan fingerprint density at radius 3 is 2.89 bits per heavy atom. The predicted molar refractivity (Wildman–Crippen MR) is 79.0 cm³/mol. The fourth-order valence-electron chi connectivity index (χ4n) is 1.73. The van der Waals surface area contributed by atoms with Gasteiger partial charge in [-0.15, -0.1) is 11.3 Å². The van der Waals surface area contributed by atoms with Crippen LogP contribution in [-0.4, -0.2) is 23.1 Å². The molecular weight excluding hydrogens is 258 g/mol. The van der Waals surface area contributed by atoms with Crippen LogP contribution < -0.4 is 10.1 Å². The topological polar surface area (TPSA) is 47.0 Å². The summed E-state index contributed by atoms with van der Waals surface area (Å²) in [6, 6.07) is 6.07. The van der Waals surface area contributed by atoms with Crippen LogP contribution in [0.3, 0.4) is 0 Å². The SMILES string of the molecule is CCOc1cc(NCC(C)(C)c2cccs2)ncn1. The van der Waals surface area contributed by atoms with Gasteiger partial charge < -0.3 is 10.1 Å². The van der Waals surface area contributed by atoms with Gasteiger partial charge in [-0.25, -0.2) is 9.97 Å². The van der Waals surface area contributed by atoms with Crippen LogP contribution >= 0.6 is 11.3 Å². The Balaban J connectivity index is 2.00. The smallest absolute Gasteiger partial charge is 0.218 e. The molecule has 0 aliphatic rings. The second-order valence-electron chi connectivity index (χ2n) is 4.89. The predicted octanol–water partition coefficient (Wildman–Crippen LogP) is 3.33. The molecule has 2 aromatic heterocycles. The minimum Gasteiger partial charge on any atom is -0.478 e. The lowest BCUT2D eigenvalue weighted by Crippen LogP contribution is -2.26. The van der Waals surface area contributed by atoms with Crippen LogP contribution in [0.4, 0.5) is 5.82 Å². The zero-order valence-electron chi connectivity index (χ0n) is 11.5. The van der Waals surface area contributed by atoms with Crippen molar-refractivity contribution in [1.29, 1.82) is 0 Å². The lowest BCUT2D eigenvalue weighted by molar-refractivity contribution is 0.326. The lowest BCUT2D eigenvalue weighted by Gasteiger charge is -2.24. The van der Waals surface area contributed by atoms with Crippen molar-refractivity contribution in [3.63, 3.8) is 0 Å². The van der Waals surface area contributed by atoms with E-state index in [0.717, 1.165) is 12.4 Å². The maximum atomic E-state index is 5.36. The molecule has 0 amide bonds. The Bertz CT molecular complexity index is 511. The largest absolute Gasteiger partial charge is 0.478 e. The van der Waals surface area contributed by atoms with E-state index in [0.29, 0.717) is 12.5 Å². The maximum absolute atomic E-state index is 5.36. The molecule has 0 aliphatic heterocycles. The number of rotatable bonds is 6. The molecule has 5 heteroatoms. The van der Waals surface area contributed by atoms with Gasteiger partial charge in [0.15, 0.2) is 0 Å². The van der Waals surface area contributed by atoms with Gasteiger partial charge in [0.05, 0.1) is 6.61 Å². The first-order valence-corrected chi connectivity index (χ1v) is 7.22. The van der Waals surface area contributed by atoms with Gasteiger partial charge in [-0.2, -0.15) is 0 Å². The molecule has 1 N–H and O–H groups in total. The first-order valence-electron chi connectivity index (χ1n) is 6.34. The Hall–Kier alpha value is -1.62. The van der Waals surface area contributed by atoms with Crippen molar-refractivity contribution in [3.05, 3.63) is 34.8 Å². The lowest BCUT2D eigenvalue weighted by atomic mass is 9.91. The summed E-state index contributed by atoms with van der Waals surface area (Å²) in [5, 5.41) is 5.45. The summed E-state index contributed by atoms with van der Waals surface area (Å²) >= 11 is 1.78. The molecule has 2 heterocycles. The van der Waals surface area contributed by atoms with Crippen molar-refractivity contribution < 1.29 is 4.74 Å². The fourth-order valence-corrected chi connectivity index (χ4v) is 2.58. The van der Waals surface area contributed by atoms with Gasteiger partial charge in [0.25, 0.3) is 0 Å². The molecule has 2 rings (SSSR count). The zero-order valence-corrected chi connectivity index (χ0v) is 12.3. The minimum atomic E-state index is 0.0743. The van der Waals surface area contributed by atoms with Crippen LogP contribution in [0.15, 0.2) is 29.9 Å². The van der Waals surface area contributed by atoms with E-state index in [1.165, 1.54) is 11.2 Å². The van der Waals surface area contributed by atoms with E-state index in [2.05, 4.69) is 46.6 Å². The van der Waals surface area contributed by atoms with Crippen molar-refractivity contribution in [1.82, 2.24) is 9.97 Å². The van der Waals surface area contributed by atoms with Gasteiger partial charge in [-0.1, -0.05) is 19.9 Å². The normalized spacial score (nSPS) is 11.3. The Labute approximate surface area is 117 Å². The highest BCUT2D eigenvalue weighted by Gasteiger charge is 2.21. The quantitative estimate of drug-likeness (QED) is 0.880. The van der Waals surface area contributed by atoms with Crippen molar-refractivity contribution in [2.45, 2.75) is 26.2 Å². The number of ether oxygens (including phenoxy) is 1. The average molecular weight is 277 g/mol. The summed E-state index contributed by atoms with van der Waals surface area (Å²) in [6.45, 7) is 7.80. The average Bonchev–Trinajstić information content (AvgIpc) is 2.92. The molecular formula is C14H19N3OS. The highest BCUT2D eigenvalue weighted by molar-refractivity contribution is 7.10. The first kappa shape index (κ1) is 13.8. The van der Waals surface area contributed by atoms with Crippen LogP contribution in [0.25, 0.3) is 0 Å². The number of anilines is 1. The number of nitrogens with zero attached hydrogens (tertiary/aromatic N) is 2. The third-order valence-electron chi connectivity index (χ3n) is 2.83. The van der Waals surface area contributed by atoms with Crippen molar-refractivity contribution in [2.24, 2.45) is 0 Å². The third kappa shape index (κ3) is 3.67. The molecule has 102 valence electrons. The van der Waals surface area contributed by atoms with E-state index >= 15 is 0 Å². The number of thiophene rings is 1. The number of hydrogen-bond acceptors (Lipinski definition) is 5. The fraction of sp³-hybridized carbons (Fsp3) is 0.429. The summed E-state index contributed by atoms with van der Waals surface area (Å²) in [5.74, 6) is 1.40. The number of hydrogen-bond donors (Lipinski definition) is 1. The second-order valence-corrected chi connectivity index (χ2v) is 5.84. The van der Waals surface area contributed by atoms with Crippen molar-refractivity contribution >= 4 is 17.2 Å². The third-order valence-corrected chi connectivity index (χ3v) is 4.07. The molecule has 0 saturated heterocycles. The first-order chi connectivity index (χ1) is 9.12. The van der Waals surface area contributed by atoms with Crippen LogP contribution in [0.1, 0.15) is 25.6 Å². The van der Waals surface area contributed by atoms with Crippen LogP contribution in [0.2, 0.25) is 0 Å². The highest BCUT2D eigenvalue weighted by atomic mass is 32.1. The Morgan fingerprint density at radius 1 is 1.37 bits per heavy atom. The molecule has 0 fully saturated rings. The van der Waals surface area contributed by atoms with Crippen LogP contribution in [0, 0.1) is 0 Å². The molecule has 19 heavy (non-hydrogen) atoms. The molecule has 0 unspecified atom stereocenters. The Kier molecular flexibility index (Phi) is 4.37. The standard InChI is InChI=1S/C14H19N3OS/c1-4-18-13-8-12(16-10-17-13)15-9-14(2,3)11-6-5-7-19-11/h5-8,10H,4,9H2,1-3H3,(H,15,16,17). The summed E-state index contributed by atoms with van der Waals surface area (Å²) in [6.07, 6.45) is 1.52. The molecule has 0 atom stereocenters. The van der Waals surface area contributed by atoms with Crippen LogP contribution in [-0.2, 0) is 5.41 Å². The molecule has 0 saturated carbocycles. The maximum Gasteiger partial charge on any atom is 0.218 e. The van der Waals surface area contributed by atoms with E-state index in [1.54, 1.807) is 11.3 Å². The van der Waals surface area contributed by atoms with E-state index in [9.17, 15) is 0 Å². The molecule has 2 aromatic rings. The monoisotopic (exact) mass is 277 g/mol. The molecule has 0 spiro atoms. The summed E-state index contributed by atoms with van der Waals surface area (Å²) in [7, 11) is 0. The molecule has 0 aliphatic carbocycles. The summed E-state index contributed by atoms with van der Waals surface area (Å²) in [5.41, 5.74) is 0.0743. The molecule has 0 bridgehead atoms. The molecule has 0 aromatic carbocycles. The van der Waals surface area contributed by atoms with Crippen molar-refractivity contribution in [2.75, 3.05) is 18.5 Å². The second kappa shape index (κ2) is 6.02. The van der Waals surface area contributed by atoms with Gasteiger partial charge in [-0.05, 0) is 18.4 Å². The van der Waals surface area contributed by atoms with E-state index in [4.69, 9.17) is 4.74 Å². The Morgan fingerprint density at radius 2 is 2.21 bits per heavy atom. The van der Waals surface area contributed by atoms with E-state index in [-0.39, 0.29) is 5.41 Å². The zero-order chi connectivity index (χ0) is 13.7. The number of aromatic nitrogens is 2. The van der Waals surface area contributed by atoms with Gasteiger partial charge in [0, 0.05) is 22.9 Å². The van der Waals surface area contributed by atoms with Gasteiger partial charge >= 0.3 is 0 Å². The summed E-state index contributed by atoms with van der Waals surface area (Å²) in [4.78, 5) is 9.62. The van der Waals surface area contributed by atoms with Crippen LogP contribution in [0.5, 0.6) is 5.88 Å². The number of nitrogens with one attached hydrogen (secondary N) is 1. The highest BCUT2D eigenvalue weighted by Crippen LogP contribution is 2.27. The van der Waals surface area contributed by atoms with Gasteiger partial charge in [0.2, 0.25) is 5.88 Å². The molecule has 4 nitrogen and oxygen atoms in total. The summed E-state index contributed by atoms with van der Waals surface area (Å²) < 4.78 is 5.36.